The molecule has 0 aliphatic heterocycles. The van der Waals surface area contributed by atoms with Gasteiger partial charge in [0.05, 0.1) is 13.0 Å². The molecule has 0 aliphatic carbocycles. The Bertz CT molecular complexity index is 342. The van der Waals surface area contributed by atoms with Crippen LogP contribution < -0.4 is 5.32 Å². The molecule has 0 aromatic carbocycles. The Morgan fingerprint density at radius 3 is 2.10 bits per heavy atom. The second-order valence-corrected chi connectivity index (χ2v) is 3.59. The maximum Gasteiger partial charge on any atom is 0.407 e. The SMILES string of the molecule is CC(=O)F.CCCCOC(=O)N[C@@H](CC(=O)O)C(=O)O. The lowest BCUT2D eigenvalue weighted by atomic mass is 10.2. The van der Waals surface area contributed by atoms with Gasteiger partial charge in [-0.2, -0.15) is 4.39 Å². The number of nitrogens with one attached hydrogen (secondary N) is 1. The monoisotopic (exact) mass is 295 g/mol. The number of alkyl carbamates (subject to hydrolysis) is 1. The summed E-state index contributed by atoms with van der Waals surface area (Å²) in [5.74, 6) is -2.71. The van der Waals surface area contributed by atoms with Crippen molar-refractivity contribution < 1.29 is 38.5 Å². The van der Waals surface area contributed by atoms with Gasteiger partial charge in [-0.15, -0.1) is 0 Å². The zero-order chi connectivity index (χ0) is 16.1. The zero-order valence-corrected chi connectivity index (χ0v) is 11.2. The molecule has 3 N–H and O–H groups in total. The Balaban J connectivity index is 0. The predicted molar refractivity (Wildman–Crippen MR) is 64.9 cm³/mol. The van der Waals surface area contributed by atoms with Gasteiger partial charge in [-0.05, 0) is 6.42 Å². The molecule has 0 heterocycles. The van der Waals surface area contributed by atoms with Crippen LogP contribution in [-0.2, 0) is 19.1 Å². The number of halogens is 1. The third kappa shape index (κ3) is 15.8. The van der Waals surface area contributed by atoms with Gasteiger partial charge in [0.15, 0.2) is 0 Å². The molecule has 0 aromatic rings. The summed E-state index contributed by atoms with van der Waals surface area (Å²) >= 11 is 0. The molecule has 1 amide bonds. The molecule has 0 bridgehead atoms. The average molecular weight is 295 g/mol. The van der Waals surface area contributed by atoms with Crippen LogP contribution in [0.3, 0.4) is 0 Å². The van der Waals surface area contributed by atoms with Crippen molar-refractivity contribution in [2.45, 2.75) is 39.2 Å². The van der Waals surface area contributed by atoms with Crippen molar-refractivity contribution in [3.05, 3.63) is 0 Å². The van der Waals surface area contributed by atoms with Gasteiger partial charge in [0.2, 0.25) is 0 Å². The van der Waals surface area contributed by atoms with E-state index < -0.39 is 36.5 Å². The van der Waals surface area contributed by atoms with Gasteiger partial charge in [0.25, 0.3) is 6.04 Å². The number of amides is 1. The third-order valence-corrected chi connectivity index (χ3v) is 1.70. The van der Waals surface area contributed by atoms with Crippen LogP contribution in [-0.4, -0.2) is 46.9 Å². The van der Waals surface area contributed by atoms with E-state index in [0.29, 0.717) is 6.42 Å². The van der Waals surface area contributed by atoms with Crippen molar-refractivity contribution in [2.75, 3.05) is 6.61 Å². The standard InChI is InChI=1S/C9H15NO6.C2H3FO/c1-2-3-4-16-9(15)10-6(8(13)14)5-7(11)12;1-2(3)4/h6H,2-5H2,1H3,(H,10,15)(H,11,12)(H,13,14);1H3/t6-;/m0./s1. The molecule has 0 saturated heterocycles. The normalized spacial score (nSPS) is 10.6. The smallest absolute Gasteiger partial charge is 0.407 e. The van der Waals surface area contributed by atoms with Crippen molar-refractivity contribution in [3.8, 4) is 0 Å². The zero-order valence-electron chi connectivity index (χ0n) is 11.2. The molecule has 1 atom stereocenters. The van der Waals surface area contributed by atoms with Crippen molar-refractivity contribution >= 4 is 24.1 Å². The first-order valence-electron chi connectivity index (χ1n) is 5.74. The maximum absolute atomic E-state index is 11.0. The number of hydrogen-bond donors (Lipinski definition) is 3. The molecule has 0 fully saturated rings. The summed E-state index contributed by atoms with van der Waals surface area (Å²) in [4.78, 5) is 40.7. The van der Waals surface area contributed by atoms with E-state index in [4.69, 9.17) is 15.0 Å². The highest BCUT2D eigenvalue weighted by Gasteiger charge is 2.23. The van der Waals surface area contributed by atoms with Crippen LogP contribution in [0.25, 0.3) is 0 Å². The molecule has 20 heavy (non-hydrogen) atoms. The minimum absolute atomic E-state index is 0.182. The van der Waals surface area contributed by atoms with Gasteiger partial charge in [-0.1, -0.05) is 13.3 Å². The van der Waals surface area contributed by atoms with Crippen molar-refractivity contribution in [3.63, 3.8) is 0 Å². The molecule has 0 unspecified atom stereocenters. The first kappa shape index (κ1) is 20.1. The molecule has 0 radical (unpaired) electrons. The van der Waals surface area contributed by atoms with Crippen LogP contribution in [0.5, 0.6) is 0 Å². The first-order valence-corrected chi connectivity index (χ1v) is 5.74. The summed E-state index contributed by atoms with van der Waals surface area (Å²) in [5.41, 5.74) is 0. The van der Waals surface area contributed by atoms with Gasteiger partial charge < -0.3 is 20.3 Å². The van der Waals surface area contributed by atoms with Gasteiger partial charge in [0.1, 0.15) is 6.04 Å². The van der Waals surface area contributed by atoms with Crippen LogP contribution >= 0.6 is 0 Å². The Morgan fingerprint density at radius 2 is 1.75 bits per heavy atom. The summed E-state index contributed by atoms with van der Waals surface area (Å²) < 4.78 is 15.0. The summed E-state index contributed by atoms with van der Waals surface area (Å²) in [7, 11) is 0. The van der Waals surface area contributed by atoms with Crippen LogP contribution in [0.4, 0.5) is 9.18 Å². The number of carbonyl (C=O) groups excluding carboxylic acids is 2. The molecular weight excluding hydrogens is 277 g/mol. The van der Waals surface area contributed by atoms with E-state index in [2.05, 4.69) is 4.74 Å². The Morgan fingerprint density at radius 1 is 1.25 bits per heavy atom. The third-order valence-electron chi connectivity index (χ3n) is 1.70. The van der Waals surface area contributed by atoms with E-state index in [-0.39, 0.29) is 6.61 Å². The van der Waals surface area contributed by atoms with E-state index in [1.165, 1.54) is 0 Å². The highest BCUT2D eigenvalue weighted by Crippen LogP contribution is 1.95. The lowest BCUT2D eigenvalue weighted by Gasteiger charge is -2.12. The Labute approximate surface area is 114 Å². The summed E-state index contributed by atoms with van der Waals surface area (Å²) in [6.07, 6.45) is -0.0883. The van der Waals surface area contributed by atoms with Crippen molar-refractivity contribution in [2.24, 2.45) is 0 Å². The minimum atomic E-state index is -1.47. The highest BCUT2D eigenvalue weighted by molar-refractivity contribution is 5.84. The van der Waals surface area contributed by atoms with E-state index >= 15 is 0 Å². The van der Waals surface area contributed by atoms with Crippen LogP contribution in [0.15, 0.2) is 0 Å². The van der Waals surface area contributed by atoms with Gasteiger partial charge in [0, 0.05) is 6.92 Å². The quantitative estimate of drug-likeness (QED) is 0.470. The lowest BCUT2D eigenvalue weighted by Crippen LogP contribution is -2.42. The number of ether oxygens (including phenoxy) is 1. The fraction of sp³-hybridized carbons (Fsp3) is 0.636. The number of hydrogen-bond acceptors (Lipinski definition) is 5. The molecular formula is C11H18FNO7. The Hall–Kier alpha value is -2.19. The van der Waals surface area contributed by atoms with Gasteiger partial charge in [-0.25, -0.2) is 9.59 Å². The summed E-state index contributed by atoms with van der Waals surface area (Å²) in [5, 5.41) is 19.0. The predicted octanol–water partition coefficient (Wildman–Crippen LogP) is 0.943. The van der Waals surface area contributed by atoms with Crippen LogP contribution in [0.2, 0.25) is 0 Å². The number of carbonyl (C=O) groups is 4. The van der Waals surface area contributed by atoms with Crippen LogP contribution in [0.1, 0.15) is 33.1 Å². The molecule has 0 saturated carbocycles. The largest absolute Gasteiger partial charge is 0.481 e. The first-order chi connectivity index (χ1) is 9.20. The molecule has 0 aromatic heterocycles. The molecule has 0 aliphatic rings. The average Bonchev–Trinajstić information content (AvgIpc) is 2.27. The van der Waals surface area contributed by atoms with Gasteiger partial charge >= 0.3 is 18.0 Å². The van der Waals surface area contributed by atoms with Crippen LogP contribution in [0, 0.1) is 0 Å². The number of carboxylic acid groups (broad SMARTS) is 2. The maximum atomic E-state index is 11.0. The number of aliphatic carboxylic acids is 2. The highest BCUT2D eigenvalue weighted by atomic mass is 19.1. The van der Waals surface area contributed by atoms with Gasteiger partial charge in [-0.3, -0.25) is 9.59 Å². The lowest BCUT2D eigenvalue weighted by molar-refractivity contribution is -0.145. The molecule has 0 spiro atoms. The molecule has 0 rings (SSSR count). The molecule has 9 heteroatoms. The number of rotatable bonds is 7. The number of unbranched alkanes of at least 4 members (excludes halogenated alkanes) is 1. The fourth-order valence-electron chi connectivity index (χ4n) is 0.868. The van der Waals surface area contributed by atoms with Crippen molar-refractivity contribution in [1.82, 2.24) is 5.32 Å². The summed E-state index contributed by atoms with van der Waals surface area (Å²) in [6, 6.07) is -2.80. The van der Waals surface area contributed by atoms with E-state index in [1.807, 2.05) is 12.2 Å². The minimum Gasteiger partial charge on any atom is -0.481 e. The second-order valence-electron chi connectivity index (χ2n) is 3.59. The molecule has 116 valence electrons. The fourth-order valence-corrected chi connectivity index (χ4v) is 0.868. The van der Waals surface area contributed by atoms with E-state index in [9.17, 15) is 18.8 Å². The van der Waals surface area contributed by atoms with E-state index in [0.717, 1.165) is 13.3 Å². The number of carboxylic acids is 2. The summed E-state index contributed by atoms with van der Waals surface area (Å²) in [6.45, 7) is 2.95. The second kappa shape index (κ2) is 11.9. The topological polar surface area (TPSA) is 130 Å². The Kier molecular flexibility index (Phi) is 12.0. The molecule has 8 nitrogen and oxygen atoms in total. The van der Waals surface area contributed by atoms with Crippen molar-refractivity contribution in [1.29, 1.82) is 0 Å². The van der Waals surface area contributed by atoms with E-state index in [1.54, 1.807) is 0 Å².